The van der Waals surface area contributed by atoms with Crippen LogP contribution in [0.1, 0.15) is 66.9 Å². The van der Waals surface area contributed by atoms with Gasteiger partial charge in [0.2, 0.25) is 0 Å². The second-order valence-electron chi connectivity index (χ2n) is 12.4. The highest BCUT2D eigenvalue weighted by Gasteiger charge is 2.66. The average molecular weight is 628 g/mol. The Balaban J connectivity index is 1.61. The summed E-state index contributed by atoms with van der Waals surface area (Å²) >= 11 is 5.33. The summed E-state index contributed by atoms with van der Waals surface area (Å²) in [5.74, 6) is -2.97. The molecule has 5 rings (SSSR count). The highest BCUT2D eigenvalue weighted by atomic mass is 32.1. The summed E-state index contributed by atoms with van der Waals surface area (Å²) in [7, 11) is 1.85. The number of primary amides is 1. The Hall–Kier alpha value is -4.81. The Bertz CT molecular complexity index is 1910. The fraction of sp³-hybridized carbons (Fsp3) is 0.303. The number of imide groups is 1. The maximum Gasteiger partial charge on any atom is 0.362 e. The first kappa shape index (κ1) is 31.6. The number of amides is 3. The lowest BCUT2D eigenvalue weighted by Crippen LogP contribution is -2.70. The van der Waals surface area contributed by atoms with Gasteiger partial charge in [-0.15, -0.1) is 4.48 Å². The van der Waals surface area contributed by atoms with E-state index in [1.54, 1.807) is 50.0 Å². The zero-order valence-electron chi connectivity index (χ0n) is 26.0. The highest BCUT2D eigenvalue weighted by Crippen LogP contribution is 2.44. The Kier molecular flexibility index (Phi) is 7.92. The number of quaternary nitrogens is 1. The molecule has 0 spiro atoms. The SMILES string of the molecule is Cc1cc(-c2cc3c(cnn3C)cc2Nc2cccc3c2C(=O)[N+](C=S)([C@](C)(CCC(=O)OC(C)(C)C)C(N)=O)C3=O)ccn1. The molecule has 11 nitrogen and oxygen atoms in total. The van der Waals surface area contributed by atoms with Gasteiger partial charge in [-0.1, -0.05) is 6.07 Å². The largest absolute Gasteiger partial charge is 0.460 e. The van der Waals surface area contributed by atoms with Crippen LogP contribution in [-0.4, -0.2) is 59.6 Å². The number of hydrogen-bond acceptors (Lipinski definition) is 9. The fourth-order valence-corrected chi connectivity index (χ4v) is 6.22. The molecule has 4 aromatic rings. The van der Waals surface area contributed by atoms with E-state index in [0.29, 0.717) is 11.4 Å². The van der Waals surface area contributed by atoms with Gasteiger partial charge in [0.05, 0.1) is 29.4 Å². The van der Waals surface area contributed by atoms with Crippen molar-refractivity contribution in [3.63, 3.8) is 0 Å². The number of rotatable bonds is 9. The van der Waals surface area contributed by atoms with Crippen LogP contribution in [0.2, 0.25) is 0 Å². The summed E-state index contributed by atoms with van der Waals surface area (Å²) in [5.41, 5.74) is 8.80. The summed E-state index contributed by atoms with van der Waals surface area (Å²) in [6.07, 6.45) is 2.95. The number of carbonyl (C=O) groups excluding carboxylic acids is 4. The molecule has 0 fully saturated rings. The predicted octanol–water partition coefficient (Wildman–Crippen LogP) is 5.12. The number of hydrogen-bond donors (Lipinski definition) is 2. The number of esters is 1. The van der Waals surface area contributed by atoms with Gasteiger partial charge in [-0.05, 0) is 81.9 Å². The van der Waals surface area contributed by atoms with E-state index in [2.05, 4.69) is 15.4 Å². The molecule has 12 heteroatoms. The quantitative estimate of drug-likeness (QED) is 0.112. The molecule has 0 radical (unpaired) electrons. The van der Waals surface area contributed by atoms with E-state index in [4.69, 9.17) is 22.7 Å². The number of aromatic nitrogens is 3. The van der Waals surface area contributed by atoms with Crippen LogP contribution in [0.25, 0.3) is 22.0 Å². The number of carbonyl (C=O) groups is 4. The second-order valence-corrected chi connectivity index (χ2v) is 12.6. The third-order valence-corrected chi connectivity index (χ3v) is 8.53. The summed E-state index contributed by atoms with van der Waals surface area (Å²) in [5, 5.41) is 8.62. The molecule has 45 heavy (non-hydrogen) atoms. The first-order valence-electron chi connectivity index (χ1n) is 14.4. The number of nitrogens with two attached hydrogens (primary N) is 1. The van der Waals surface area contributed by atoms with Crippen LogP contribution in [0, 0.1) is 6.92 Å². The van der Waals surface area contributed by atoms with E-state index >= 15 is 0 Å². The smallest absolute Gasteiger partial charge is 0.362 e. The Morgan fingerprint density at radius 2 is 1.80 bits per heavy atom. The normalized spacial score (nSPS) is 17.6. The van der Waals surface area contributed by atoms with Crippen LogP contribution >= 0.6 is 12.2 Å². The van der Waals surface area contributed by atoms with Crippen molar-refractivity contribution in [3.05, 3.63) is 71.7 Å². The average Bonchev–Trinajstić information content (AvgIpc) is 3.44. The molecule has 2 aromatic heterocycles. The maximum absolute atomic E-state index is 14.5. The molecule has 1 unspecified atom stereocenters. The summed E-state index contributed by atoms with van der Waals surface area (Å²) in [6, 6.07) is 12.6. The van der Waals surface area contributed by atoms with Gasteiger partial charge >= 0.3 is 17.8 Å². The molecule has 1 aliphatic heterocycles. The van der Waals surface area contributed by atoms with Gasteiger partial charge < -0.3 is 15.8 Å². The van der Waals surface area contributed by atoms with E-state index in [1.807, 2.05) is 38.2 Å². The number of aryl methyl sites for hydroxylation is 2. The fourth-order valence-electron chi connectivity index (χ4n) is 5.80. The molecule has 3 amide bonds. The van der Waals surface area contributed by atoms with Crippen molar-refractivity contribution in [1.29, 1.82) is 0 Å². The van der Waals surface area contributed by atoms with Crippen molar-refractivity contribution < 1.29 is 28.4 Å². The molecular formula is C33H35N6O5S+. The molecule has 2 atom stereocenters. The molecule has 0 saturated heterocycles. The number of nitrogens with zero attached hydrogens (tertiary/aromatic N) is 4. The minimum absolute atomic E-state index is 0.0662. The van der Waals surface area contributed by atoms with Crippen LogP contribution < -0.4 is 11.1 Å². The summed E-state index contributed by atoms with van der Waals surface area (Å²) in [6.45, 7) is 8.44. The topological polar surface area (TPSA) is 146 Å². The van der Waals surface area contributed by atoms with Gasteiger partial charge in [0, 0.05) is 48.9 Å². The molecule has 232 valence electrons. The minimum atomic E-state index is -1.88. The van der Waals surface area contributed by atoms with Crippen molar-refractivity contribution in [3.8, 4) is 11.1 Å². The van der Waals surface area contributed by atoms with E-state index < -0.39 is 39.3 Å². The van der Waals surface area contributed by atoms with Gasteiger partial charge in [0.25, 0.3) is 5.91 Å². The monoisotopic (exact) mass is 627 g/mol. The molecule has 2 aromatic carbocycles. The van der Waals surface area contributed by atoms with Gasteiger partial charge in [-0.2, -0.15) is 5.10 Å². The highest BCUT2D eigenvalue weighted by molar-refractivity contribution is 7.78. The standard InChI is InChI=1S/C33H34N6O5S/c1-19-14-20(11-13-35-19)23-16-26-21(17-36-38(26)6)15-25(23)37-24-9-7-8-22-28(24)30(42)39(18-45,29(22)41)33(5,31(34)43)12-10-27(40)44-32(2,3)4/h7-9,11,13-18H,10,12H2,1-6H3,(H2-,34,35,37,42,43)/p+1/t33-,39?/m1/s1. The second kappa shape index (κ2) is 11.3. The van der Waals surface area contributed by atoms with Crippen molar-refractivity contribution in [2.45, 2.75) is 58.6 Å². The zero-order valence-corrected chi connectivity index (χ0v) is 26.8. The molecule has 0 bridgehead atoms. The molecule has 1 aliphatic rings. The molecular weight excluding hydrogens is 592 g/mol. The number of pyridine rings is 1. The third-order valence-electron chi connectivity index (χ3n) is 8.22. The van der Waals surface area contributed by atoms with E-state index in [0.717, 1.165) is 33.2 Å². The first-order valence-corrected chi connectivity index (χ1v) is 14.9. The van der Waals surface area contributed by atoms with Crippen molar-refractivity contribution >= 4 is 63.7 Å². The predicted molar refractivity (Wildman–Crippen MR) is 174 cm³/mol. The van der Waals surface area contributed by atoms with E-state index in [-0.39, 0.29) is 24.0 Å². The summed E-state index contributed by atoms with van der Waals surface area (Å²) in [4.78, 5) is 58.7. The Labute approximate surface area is 266 Å². The Morgan fingerprint density at radius 1 is 1.07 bits per heavy atom. The number of ether oxygens (including phenoxy) is 1. The van der Waals surface area contributed by atoms with Gasteiger partial charge in [0.15, 0.2) is 11.0 Å². The van der Waals surface area contributed by atoms with Crippen LogP contribution in [0.4, 0.5) is 11.4 Å². The van der Waals surface area contributed by atoms with Crippen LogP contribution in [0.5, 0.6) is 0 Å². The van der Waals surface area contributed by atoms with Gasteiger partial charge in [-0.25, -0.2) is 9.59 Å². The number of fused-ring (bicyclic) bond motifs is 2. The van der Waals surface area contributed by atoms with E-state index in [1.165, 1.54) is 13.0 Å². The number of anilines is 2. The molecule has 0 saturated carbocycles. The Morgan fingerprint density at radius 3 is 2.44 bits per heavy atom. The first-order chi connectivity index (χ1) is 21.1. The van der Waals surface area contributed by atoms with Crippen LogP contribution in [-0.2, 0) is 21.4 Å². The van der Waals surface area contributed by atoms with Crippen molar-refractivity contribution in [1.82, 2.24) is 14.8 Å². The van der Waals surface area contributed by atoms with E-state index in [9.17, 15) is 19.2 Å². The number of thiocarbonyl (C=S) groups is 1. The number of benzene rings is 2. The molecule has 3 N–H and O–H groups in total. The molecule has 3 heterocycles. The zero-order chi connectivity index (χ0) is 32.9. The lowest BCUT2D eigenvalue weighted by atomic mass is 9.89. The van der Waals surface area contributed by atoms with Gasteiger partial charge in [-0.3, -0.25) is 19.3 Å². The van der Waals surface area contributed by atoms with Crippen LogP contribution in [0.15, 0.2) is 54.9 Å². The lowest BCUT2D eigenvalue weighted by Gasteiger charge is -2.39. The van der Waals surface area contributed by atoms with Crippen LogP contribution in [0.3, 0.4) is 0 Å². The molecule has 0 aliphatic carbocycles. The number of nitrogens with one attached hydrogen (secondary N) is 1. The summed E-state index contributed by atoms with van der Waals surface area (Å²) < 4.78 is 6.00. The third kappa shape index (κ3) is 5.29. The lowest BCUT2D eigenvalue weighted by molar-refractivity contribution is -0.707. The minimum Gasteiger partial charge on any atom is -0.460 e. The van der Waals surface area contributed by atoms with Gasteiger partial charge in [0.1, 0.15) is 11.2 Å². The van der Waals surface area contributed by atoms with Crippen molar-refractivity contribution in [2.24, 2.45) is 12.8 Å². The maximum atomic E-state index is 14.5. The van der Waals surface area contributed by atoms with Crippen molar-refractivity contribution in [2.75, 3.05) is 5.32 Å².